The van der Waals surface area contributed by atoms with Crippen LogP contribution in [0.1, 0.15) is 11.1 Å². The van der Waals surface area contributed by atoms with Gasteiger partial charge in [0, 0.05) is 21.2 Å². The van der Waals surface area contributed by atoms with Gasteiger partial charge < -0.3 is 0 Å². The Morgan fingerprint density at radius 1 is 0.917 bits per heavy atom. The van der Waals surface area contributed by atoms with Crippen LogP contribution in [0.3, 0.4) is 0 Å². The van der Waals surface area contributed by atoms with Gasteiger partial charge in [0.1, 0.15) is 4.90 Å². The lowest BCUT2D eigenvalue weighted by Gasteiger charge is -2.04. The molecule has 0 saturated carbocycles. The zero-order valence-electron chi connectivity index (χ0n) is 12.1. The lowest BCUT2D eigenvalue weighted by atomic mass is 10.1. The number of rotatable bonds is 5. The average Bonchev–Trinajstić information content (AvgIpc) is 2.54. The minimum atomic E-state index is -4.48. The molecule has 0 aliphatic rings. The maximum Gasteiger partial charge on any atom is 0.295 e. The minimum Gasteiger partial charge on any atom is -0.282 e. The van der Waals surface area contributed by atoms with Crippen LogP contribution in [0.25, 0.3) is 33.0 Å². The van der Waals surface area contributed by atoms with Crippen molar-refractivity contribution in [2.75, 3.05) is 0 Å². The molecule has 1 N–H and O–H groups in total. The van der Waals surface area contributed by atoms with Gasteiger partial charge in [-0.2, -0.15) is 8.42 Å². The van der Waals surface area contributed by atoms with Gasteiger partial charge in [0.2, 0.25) is 0 Å². The zero-order chi connectivity index (χ0) is 17.6. The standard InChI is InChI=1S/C14H10N6O3S/c15-19-17-12-6-2-10(3-7-12)1-4-11-5-8-13(18-20-16)9-14(11)24(21,22)23/h1-9H,(H,21,22,23). The Morgan fingerprint density at radius 3 is 2.08 bits per heavy atom. The molecule has 10 heteroatoms. The number of azide groups is 2. The van der Waals surface area contributed by atoms with Gasteiger partial charge >= 0.3 is 0 Å². The van der Waals surface area contributed by atoms with Crippen molar-refractivity contribution < 1.29 is 13.0 Å². The van der Waals surface area contributed by atoms with Crippen LogP contribution < -0.4 is 0 Å². The van der Waals surface area contributed by atoms with Crippen molar-refractivity contribution in [2.45, 2.75) is 4.90 Å². The highest BCUT2D eigenvalue weighted by Crippen LogP contribution is 2.25. The molecule has 0 fully saturated rings. The molecule has 0 heterocycles. The van der Waals surface area contributed by atoms with E-state index < -0.39 is 10.1 Å². The predicted octanol–water partition coefficient (Wildman–Crippen LogP) is 4.99. The third-order valence-electron chi connectivity index (χ3n) is 2.94. The van der Waals surface area contributed by atoms with E-state index in [-0.39, 0.29) is 16.1 Å². The molecule has 9 nitrogen and oxygen atoms in total. The van der Waals surface area contributed by atoms with Crippen LogP contribution in [0.2, 0.25) is 0 Å². The normalized spacial score (nSPS) is 10.9. The van der Waals surface area contributed by atoms with Gasteiger partial charge in [0.05, 0.1) is 0 Å². The Balaban J connectivity index is 2.41. The van der Waals surface area contributed by atoms with Crippen molar-refractivity contribution in [1.29, 1.82) is 0 Å². The molecule has 0 amide bonds. The highest BCUT2D eigenvalue weighted by molar-refractivity contribution is 7.86. The van der Waals surface area contributed by atoms with Crippen molar-refractivity contribution in [3.8, 4) is 0 Å². The van der Waals surface area contributed by atoms with Crippen LogP contribution in [0.15, 0.2) is 57.6 Å². The molecule has 2 rings (SSSR count). The minimum absolute atomic E-state index is 0.0704. The second-order valence-electron chi connectivity index (χ2n) is 4.50. The SMILES string of the molecule is [N-]=[N+]=Nc1ccc(C=Cc2ccc(N=[N+]=[N-])cc2S(=O)(=O)O)cc1. The van der Waals surface area contributed by atoms with Gasteiger partial charge in [0.25, 0.3) is 10.1 Å². The average molecular weight is 342 g/mol. The fourth-order valence-corrected chi connectivity index (χ4v) is 2.59. The number of hydrogen-bond acceptors (Lipinski definition) is 4. The van der Waals surface area contributed by atoms with Gasteiger partial charge in [-0.1, -0.05) is 58.8 Å². The summed E-state index contributed by atoms with van der Waals surface area (Å²) in [5.41, 5.74) is 18.2. The smallest absolute Gasteiger partial charge is 0.282 e. The Hall–Kier alpha value is -3.29. The maximum atomic E-state index is 11.5. The summed E-state index contributed by atoms with van der Waals surface area (Å²) in [4.78, 5) is 4.87. The van der Waals surface area contributed by atoms with Crippen LogP contribution in [-0.2, 0) is 10.1 Å². The summed E-state index contributed by atoms with van der Waals surface area (Å²) < 4.78 is 32.3. The third kappa shape index (κ3) is 4.35. The Labute approximate surface area is 136 Å². The lowest BCUT2D eigenvalue weighted by Crippen LogP contribution is -2.00. The molecule has 24 heavy (non-hydrogen) atoms. The first kappa shape index (κ1) is 17.1. The molecular weight excluding hydrogens is 332 g/mol. The van der Waals surface area contributed by atoms with Gasteiger partial charge in [0.15, 0.2) is 0 Å². The largest absolute Gasteiger partial charge is 0.295 e. The summed E-state index contributed by atoms with van der Waals surface area (Å²) in [6.07, 6.45) is 3.11. The van der Waals surface area contributed by atoms with Gasteiger partial charge in [-0.05, 0) is 28.3 Å². The highest BCUT2D eigenvalue weighted by atomic mass is 32.2. The molecule has 2 aromatic rings. The summed E-state index contributed by atoms with van der Waals surface area (Å²) in [5.74, 6) is 0. The molecule has 0 radical (unpaired) electrons. The van der Waals surface area contributed by atoms with Crippen molar-refractivity contribution in [2.24, 2.45) is 10.2 Å². The molecule has 0 saturated heterocycles. The highest BCUT2D eigenvalue weighted by Gasteiger charge is 2.14. The molecule has 0 spiro atoms. The van der Waals surface area contributed by atoms with E-state index in [0.29, 0.717) is 5.69 Å². The molecule has 0 aliphatic carbocycles. The van der Waals surface area contributed by atoms with E-state index in [1.165, 1.54) is 18.2 Å². The van der Waals surface area contributed by atoms with E-state index in [1.807, 2.05) is 0 Å². The van der Waals surface area contributed by atoms with Gasteiger partial charge in [-0.3, -0.25) is 4.55 Å². The Kier molecular flexibility index (Phi) is 5.20. The summed E-state index contributed by atoms with van der Waals surface area (Å²) in [6, 6.07) is 10.5. The monoisotopic (exact) mass is 342 g/mol. The molecule has 0 unspecified atom stereocenters. The van der Waals surface area contributed by atoms with Crippen LogP contribution in [0, 0.1) is 0 Å². The first-order valence-corrected chi connectivity index (χ1v) is 7.88. The van der Waals surface area contributed by atoms with Crippen LogP contribution in [-0.4, -0.2) is 13.0 Å². The second kappa shape index (κ2) is 7.32. The molecule has 0 bridgehead atoms. The van der Waals surface area contributed by atoms with Gasteiger partial charge in [-0.25, -0.2) is 0 Å². The van der Waals surface area contributed by atoms with Crippen molar-refractivity contribution >= 4 is 33.6 Å². The zero-order valence-corrected chi connectivity index (χ0v) is 12.9. The van der Waals surface area contributed by atoms with Crippen molar-refractivity contribution in [1.82, 2.24) is 0 Å². The molecule has 120 valence electrons. The first-order chi connectivity index (χ1) is 11.4. The van der Waals surface area contributed by atoms with Crippen LogP contribution in [0.4, 0.5) is 11.4 Å². The second-order valence-corrected chi connectivity index (χ2v) is 5.89. The maximum absolute atomic E-state index is 11.5. The summed E-state index contributed by atoms with van der Waals surface area (Å²) in [7, 11) is -4.48. The first-order valence-electron chi connectivity index (χ1n) is 6.44. The topological polar surface area (TPSA) is 152 Å². The fourth-order valence-electron chi connectivity index (χ4n) is 1.89. The van der Waals surface area contributed by atoms with Crippen LogP contribution >= 0.6 is 0 Å². The van der Waals surface area contributed by atoms with E-state index in [1.54, 1.807) is 30.3 Å². The molecular formula is C14H10N6O3S. The quantitative estimate of drug-likeness (QED) is 0.268. The van der Waals surface area contributed by atoms with E-state index >= 15 is 0 Å². The number of benzene rings is 2. The summed E-state index contributed by atoms with van der Waals surface area (Å²) in [5, 5.41) is 6.75. The lowest BCUT2D eigenvalue weighted by molar-refractivity contribution is 0.483. The van der Waals surface area contributed by atoms with E-state index in [0.717, 1.165) is 11.6 Å². The molecule has 2 aromatic carbocycles. The Morgan fingerprint density at radius 2 is 1.50 bits per heavy atom. The third-order valence-corrected chi connectivity index (χ3v) is 3.85. The fraction of sp³-hybridized carbons (Fsp3) is 0. The molecule has 0 atom stereocenters. The number of nitrogens with zero attached hydrogens (tertiary/aromatic N) is 6. The van der Waals surface area contributed by atoms with Crippen molar-refractivity contribution in [3.63, 3.8) is 0 Å². The predicted molar refractivity (Wildman–Crippen MR) is 89.2 cm³/mol. The van der Waals surface area contributed by atoms with Crippen molar-refractivity contribution in [3.05, 3.63) is 74.5 Å². The van der Waals surface area contributed by atoms with E-state index in [2.05, 4.69) is 20.1 Å². The Bertz CT molecular complexity index is 986. The number of hydrogen-bond donors (Lipinski definition) is 1. The summed E-state index contributed by atoms with van der Waals surface area (Å²) in [6.45, 7) is 0. The molecule has 0 aromatic heterocycles. The van der Waals surface area contributed by atoms with E-state index in [4.69, 9.17) is 11.1 Å². The summed E-state index contributed by atoms with van der Waals surface area (Å²) >= 11 is 0. The molecule has 0 aliphatic heterocycles. The van der Waals surface area contributed by atoms with Gasteiger partial charge in [-0.15, -0.1) is 0 Å². The van der Waals surface area contributed by atoms with E-state index in [9.17, 15) is 13.0 Å². The van der Waals surface area contributed by atoms with Crippen LogP contribution in [0.5, 0.6) is 0 Å².